The second kappa shape index (κ2) is 5.27. The zero-order chi connectivity index (χ0) is 14.9. The van der Waals surface area contributed by atoms with E-state index in [-0.39, 0.29) is 0 Å². The summed E-state index contributed by atoms with van der Waals surface area (Å²) < 4.78 is 9.67. The summed E-state index contributed by atoms with van der Waals surface area (Å²) in [4.78, 5) is 24.2. The molecule has 0 atom stereocenters. The van der Waals surface area contributed by atoms with Gasteiger partial charge in [-0.25, -0.2) is 0 Å². The molecule has 0 spiro atoms. The molecule has 0 bridgehead atoms. The zero-order valence-corrected chi connectivity index (χ0v) is 12.2. The number of esters is 2. The van der Waals surface area contributed by atoms with Gasteiger partial charge in [0.25, 0.3) is 0 Å². The zero-order valence-electron chi connectivity index (χ0n) is 12.2. The van der Waals surface area contributed by atoms with E-state index in [2.05, 4.69) is 12.7 Å². The number of methoxy groups -OCH3 is 2. The van der Waals surface area contributed by atoms with Crippen LogP contribution in [0.15, 0.2) is 34.9 Å². The molecule has 2 rings (SSSR count). The lowest BCUT2D eigenvalue weighted by Crippen LogP contribution is -2.39. The number of hydrogen-bond acceptors (Lipinski definition) is 4. The van der Waals surface area contributed by atoms with Gasteiger partial charge in [-0.15, -0.1) is 0 Å². The highest BCUT2D eigenvalue weighted by atomic mass is 16.5. The van der Waals surface area contributed by atoms with Crippen LogP contribution in [-0.4, -0.2) is 26.2 Å². The van der Waals surface area contributed by atoms with Gasteiger partial charge in [0.05, 0.1) is 14.2 Å². The third-order valence-corrected chi connectivity index (χ3v) is 4.21. The van der Waals surface area contributed by atoms with Crippen molar-refractivity contribution in [2.45, 2.75) is 32.6 Å². The molecular weight excluding hydrogens is 256 g/mol. The Bertz CT molecular complexity index is 521. The Kier molecular flexibility index (Phi) is 3.84. The molecule has 2 aliphatic rings. The smallest absolute Gasteiger partial charge is 0.323 e. The van der Waals surface area contributed by atoms with Crippen LogP contribution < -0.4 is 0 Å². The first-order chi connectivity index (χ1) is 9.44. The number of carbonyl (C=O) groups excluding carboxylic acids is 2. The van der Waals surface area contributed by atoms with Gasteiger partial charge in [-0.2, -0.15) is 0 Å². The monoisotopic (exact) mass is 276 g/mol. The first-order valence-electron chi connectivity index (χ1n) is 6.69. The van der Waals surface area contributed by atoms with Crippen LogP contribution >= 0.6 is 0 Å². The summed E-state index contributed by atoms with van der Waals surface area (Å²) in [5.41, 5.74) is 3.24. The van der Waals surface area contributed by atoms with E-state index in [4.69, 9.17) is 9.47 Å². The van der Waals surface area contributed by atoms with Gasteiger partial charge in [-0.1, -0.05) is 23.8 Å². The van der Waals surface area contributed by atoms with Crippen LogP contribution in [0.2, 0.25) is 0 Å². The number of hydrogen-bond donors (Lipinski definition) is 0. The second-order valence-electron chi connectivity index (χ2n) is 5.50. The quantitative estimate of drug-likeness (QED) is 0.587. The molecule has 0 aromatic carbocycles. The Morgan fingerprint density at radius 3 is 2.25 bits per heavy atom. The SMILES string of the molecule is C=C(C)C1=CC2=C(CC1)CC(C(=O)OC)(C(=O)OC)C2. The fourth-order valence-electron chi connectivity index (χ4n) is 3.06. The lowest BCUT2D eigenvalue weighted by Gasteiger charge is -2.23. The van der Waals surface area contributed by atoms with Crippen molar-refractivity contribution in [1.82, 2.24) is 0 Å². The topological polar surface area (TPSA) is 52.6 Å². The van der Waals surface area contributed by atoms with Crippen molar-refractivity contribution in [2.24, 2.45) is 5.41 Å². The average molecular weight is 276 g/mol. The molecule has 0 fully saturated rings. The van der Waals surface area contributed by atoms with Crippen LogP contribution in [0.3, 0.4) is 0 Å². The molecule has 108 valence electrons. The maximum Gasteiger partial charge on any atom is 0.323 e. The van der Waals surface area contributed by atoms with E-state index < -0.39 is 17.4 Å². The number of allylic oxidation sites excluding steroid dienone is 5. The molecule has 0 heterocycles. The molecule has 0 aliphatic heterocycles. The van der Waals surface area contributed by atoms with Crippen LogP contribution in [0.5, 0.6) is 0 Å². The lowest BCUT2D eigenvalue weighted by molar-refractivity contribution is -0.168. The highest BCUT2D eigenvalue weighted by Gasteiger charge is 2.53. The minimum atomic E-state index is -1.20. The van der Waals surface area contributed by atoms with Crippen molar-refractivity contribution in [3.8, 4) is 0 Å². The molecule has 0 aromatic rings. The summed E-state index contributed by atoms with van der Waals surface area (Å²) >= 11 is 0. The highest BCUT2D eigenvalue weighted by Crippen LogP contribution is 2.48. The minimum absolute atomic E-state index is 0.360. The minimum Gasteiger partial charge on any atom is -0.468 e. The van der Waals surface area contributed by atoms with Gasteiger partial charge in [0.15, 0.2) is 5.41 Å². The molecule has 0 N–H and O–H groups in total. The van der Waals surface area contributed by atoms with Crippen molar-refractivity contribution < 1.29 is 19.1 Å². The molecule has 20 heavy (non-hydrogen) atoms. The molecule has 0 aromatic heterocycles. The van der Waals surface area contributed by atoms with Crippen LogP contribution in [-0.2, 0) is 19.1 Å². The van der Waals surface area contributed by atoms with Crippen molar-refractivity contribution in [3.05, 3.63) is 34.9 Å². The third kappa shape index (κ3) is 2.19. The summed E-state index contributed by atoms with van der Waals surface area (Å²) in [7, 11) is 2.61. The summed E-state index contributed by atoms with van der Waals surface area (Å²) in [6.45, 7) is 5.93. The predicted molar refractivity (Wildman–Crippen MR) is 74.9 cm³/mol. The fourth-order valence-corrected chi connectivity index (χ4v) is 3.06. The highest BCUT2D eigenvalue weighted by molar-refractivity contribution is 6.01. The largest absolute Gasteiger partial charge is 0.468 e. The molecule has 0 saturated heterocycles. The molecule has 0 saturated carbocycles. The van der Waals surface area contributed by atoms with Crippen LogP contribution in [0.25, 0.3) is 0 Å². The first-order valence-corrected chi connectivity index (χ1v) is 6.69. The normalized spacial score (nSPS) is 20.1. The van der Waals surface area contributed by atoms with E-state index in [1.807, 2.05) is 6.92 Å². The van der Waals surface area contributed by atoms with Gasteiger partial charge in [0, 0.05) is 0 Å². The molecular formula is C16H20O4. The Hall–Kier alpha value is -1.84. The number of carbonyl (C=O) groups is 2. The number of rotatable bonds is 3. The fraction of sp³-hybridized carbons (Fsp3) is 0.500. The number of ether oxygens (including phenoxy) is 2. The van der Waals surface area contributed by atoms with Crippen molar-refractivity contribution in [1.29, 1.82) is 0 Å². The molecule has 4 heteroatoms. The maximum absolute atomic E-state index is 12.1. The molecule has 2 aliphatic carbocycles. The Morgan fingerprint density at radius 2 is 1.75 bits per heavy atom. The van der Waals surface area contributed by atoms with Gasteiger partial charge in [0.2, 0.25) is 0 Å². The summed E-state index contributed by atoms with van der Waals surface area (Å²) in [5.74, 6) is -1.02. The average Bonchev–Trinajstić information content (AvgIpc) is 2.84. The van der Waals surface area contributed by atoms with Gasteiger partial charge >= 0.3 is 11.9 Å². The van der Waals surface area contributed by atoms with Gasteiger partial charge in [-0.05, 0) is 43.8 Å². The molecule has 0 amide bonds. The molecule has 0 unspecified atom stereocenters. The lowest BCUT2D eigenvalue weighted by atomic mass is 9.83. The second-order valence-corrected chi connectivity index (χ2v) is 5.50. The van der Waals surface area contributed by atoms with E-state index in [0.29, 0.717) is 12.8 Å². The van der Waals surface area contributed by atoms with E-state index in [1.54, 1.807) is 0 Å². The predicted octanol–water partition coefficient (Wildman–Crippen LogP) is 2.71. The van der Waals surface area contributed by atoms with E-state index in [9.17, 15) is 9.59 Å². The van der Waals surface area contributed by atoms with E-state index in [1.165, 1.54) is 19.8 Å². The van der Waals surface area contributed by atoms with Gasteiger partial charge in [-0.3, -0.25) is 9.59 Å². The summed E-state index contributed by atoms with van der Waals surface area (Å²) in [6.07, 6.45) is 4.60. The van der Waals surface area contributed by atoms with Gasteiger partial charge < -0.3 is 9.47 Å². The Labute approximate surface area is 119 Å². The first kappa shape index (κ1) is 14.6. The third-order valence-electron chi connectivity index (χ3n) is 4.21. The van der Waals surface area contributed by atoms with E-state index in [0.717, 1.165) is 29.6 Å². The van der Waals surface area contributed by atoms with Crippen molar-refractivity contribution in [2.75, 3.05) is 14.2 Å². The maximum atomic E-state index is 12.1. The van der Waals surface area contributed by atoms with E-state index >= 15 is 0 Å². The Morgan fingerprint density at radius 1 is 1.15 bits per heavy atom. The Balaban J connectivity index is 2.34. The van der Waals surface area contributed by atoms with Crippen molar-refractivity contribution in [3.63, 3.8) is 0 Å². The van der Waals surface area contributed by atoms with Crippen molar-refractivity contribution >= 4 is 11.9 Å². The molecule has 4 nitrogen and oxygen atoms in total. The van der Waals surface area contributed by atoms with Crippen LogP contribution in [0, 0.1) is 5.41 Å². The summed E-state index contributed by atoms with van der Waals surface area (Å²) in [5, 5.41) is 0. The van der Waals surface area contributed by atoms with Crippen LogP contribution in [0.4, 0.5) is 0 Å². The summed E-state index contributed by atoms with van der Waals surface area (Å²) in [6, 6.07) is 0. The molecule has 0 radical (unpaired) electrons. The standard InChI is InChI=1S/C16H20O4/c1-10(2)11-5-6-12-8-16(14(17)19-3,15(18)20-4)9-13(12)7-11/h7H,1,5-6,8-9H2,2-4H3. The van der Waals surface area contributed by atoms with Crippen LogP contribution in [0.1, 0.15) is 32.6 Å². The van der Waals surface area contributed by atoms with Gasteiger partial charge in [0.1, 0.15) is 0 Å².